The summed E-state index contributed by atoms with van der Waals surface area (Å²) < 4.78 is 0. The highest BCUT2D eigenvalue weighted by atomic mass is 16.2. The van der Waals surface area contributed by atoms with Crippen LogP contribution in [0.5, 0.6) is 0 Å². The molecule has 1 aliphatic rings. The molecule has 0 aromatic carbocycles. The Kier molecular flexibility index (Phi) is 2.98. The van der Waals surface area contributed by atoms with Crippen molar-refractivity contribution in [2.45, 2.75) is 13.3 Å². The number of amides is 2. The van der Waals surface area contributed by atoms with Gasteiger partial charge in [0.1, 0.15) is 11.9 Å². The summed E-state index contributed by atoms with van der Waals surface area (Å²) in [7, 11) is 0. The van der Waals surface area contributed by atoms with Gasteiger partial charge in [-0.05, 0) is 19.1 Å². The Hall–Kier alpha value is -2.42. The topological polar surface area (TPSA) is 100 Å². The summed E-state index contributed by atoms with van der Waals surface area (Å²) >= 11 is 0. The van der Waals surface area contributed by atoms with E-state index in [2.05, 4.69) is 4.98 Å². The fourth-order valence-corrected chi connectivity index (χ4v) is 1.94. The van der Waals surface area contributed by atoms with Crippen LogP contribution in [0, 0.1) is 24.2 Å². The van der Waals surface area contributed by atoms with E-state index in [0.29, 0.717) is 17.1 Å². The molecule has 1 aromatic rings. The Morgan fingerprint density at radius 1 is 1.61 bits per heavy atom. The van der Waals surface area contributed by atoms with Crippen molar-refractivity contribution < 1.29 is 9.59 Å². The van der Waals surface area contributed by atoms with Gasteiger partial charge in [-0.25, -0.2) is 4.98 Å². The van der Waals surface area contributed by atoms with Gasteiger partial charge in [0.05, 0.1) is 17.2 Å². The summed E-state index contributed by atoms with van der Waals surface area (Å²) in [5, 5.41) is 8.81. The molecule has 18 heavy (non-hydrogen) atoms. The van der Waals surface area contributed by atoms with Gasteiger partial charge in [0, 0.05) is 13.0 Å². The molecule has 2 heterocycles. The van der Waals surface area contributed by atoms with Crippen LogP contribution in [0.3, 0.4) is 0 Å². The van der Waals surface area contributed by atoms with E-state index < -0.39 is 11.8 Å². The number of carbonyl (C=O) groups is 2. The van der Waals surface area contributed by atoms with Crippen molar-refractivity contribution in [2.24, 2.45) is 11.7 Å². The van der Waals surface area contributed by atoms with Crippen molar-refractivity contribution in [1.82, 2.24) is 4.98 Å². The van der Waals surface area contributed by atoms with Gasteiger partial charge in [-0.1, -0.05) is 0 Å². The number of aryl methyl sites for hydroxylation is 1. The van der Waals surface area contributed by atoms with E-state index >= 15 is 0 Å². The number of primary amides is 1. The lowest BCUT2D eigenvalue weighted by molar-refractivity contribution is -0.123. The molecule has 1 saturated heterocycles. The summed E-state index contributed by atoms with van der Waals surface area (Å²) in [6, 6.07) is 5.23. The predicted molar refractivity (Wildman–Crippen MR) is 63.3 cm³/mol. The van der Waals surface area contributed by atoms with Gasteiger partial charge < -0.3 is 5.73 Å². The maximum Gasteiger partial charge on any atom is 0.229 e. The van der Waals surface area contributed by atoms with Crippen LogP contribution in [-0.2, 0) is 9.59 Å². The van der Waals surface area contributed by atoms with Gasteiger partial charge in [-0.15, -0.1) is 0 Å². The maximum absolute atomic E-state index is 11.8. The van der Waals surface area contributed by atoms with Gasteiger partial charge in [-0.2, -0.15) is 5.26 Å². The smallest absolute Gasteiger partial charge is 0.229 e. The second kappa shape index (κ2) is 4.45. The molecule has 0 saturated carbocycles. The second-order valence-electron chi connectivity index (χ2n) is 4.22. The number of hydrogen-bond acceptors (Lipinski definition) is 4. The zero-order valence-corrected chi connectivity index (χ0v) is 9.88. The van der Waals surface area contributed by atoms with Gasteiger partial charge >= 0.3 is 0 Å². The average Bonchev–Trinajstić information content (AvgIpc) is 2.71. The quantitative estimate of drug-likeness (QED) is 0.797. The zero-order valence-electron chi connectivity index (χ0n) is 9.88. The van der Waals surface area contributed by atoms with Crippen LogP contribution in [0.15, 0.2) is 12.1 Å². The van der Waals surface area contributed by atoms with Crippen LogP contribution in [-0.4, -0.2) is 23.3 Å². The number of aromatic nitrogens is 1. The Morgan fingerprint density at radius 2 is 2.33 bits per heavy atom. The molecule has 6 nitrogen and oxygen atoms in total. The first-order valence-corrected chi connectivity index (χ1v) is 5.50. The molecule has 0 spiro atoms. The summed E-state index contributed by atoms with van der Waals surface area (Å²) in [6.45, 7) is 1.96. The number of carbonyl (C=O) groups excluding carboxylic acids is 2. The van der Waals surface area contributed by atoms with Gasteiger partial charge in [0.2, 0.25) is 11.8 Å². The number of pyridine rings is 1. The first-order valence-electron chi connectivity index (χ1n) is 5.50. The molecule has 2 amide bonds. The minimum Gasteiger partial charge on any atom is -0.369 e. The average molecular weight is 244 g/mol. The zero-order chi connectivity index (χ0) is 13.3. The van der Waals surface area contributed by atoms with Crippen LogP contribution >= 0.6 is 0 Å². The van der Waals surface area contributed by atoms with Crippen LogP contribution in [0.2, 0.25) is 0 Å². The third-order valence-corrected chi connectivity index (χ3v) is 3.00. The van der Waals surface area contributed by atoms with E-state index in [1.54, 1.807) is 19.1 Å². The van der Waals surface area contributed by atoms with E-state index in [0.717, 1.165) is 0 Å². The first-order chi connectivity index (χ1) is 8.52. The van der Waals surface area contributed by atoms with Gasteiger partial charge in [-0.3, -0.25) is 14.5 Å². The molecule has 1 fully saturated rings. The molecule has 92 valence electrons. The lowest BCUT2D eigenvalue weighted by atomic mass is 10.1. The predicted octanol–water partition coefficient (Wildman–Crippen LogP) is 0.0999. The minimum absolute atomic E-state index is 0.121. The Balaban J connectivity index is 2.28. The highest BCUT2D eigenvalue weighted by Crippen LogP contribution is 2.24. The summed E-state index contributed by atoms with van der Waals surface area (Å²) in [6.07, 6.45) is 0.121. The molecule has 1 atom stereocenters. The van der Waals surface area contributed by atoms with Gasteiger partial charge in [0.15, 0.2) is 0 Å². The standard InChI is InChI=1S/C12H12N4O2/c1-7-8(5-13)2-3-10(15-7)16-6-9(12(14)18)4-11(16)17/h2-3,9H,4,6H2,1H3,(H2,14,18). The van der Waals surface area contributed by atoms with E-state index in [9.17, 15) is 9.59 Å². The minimum atomic E-state index is -0.476. The molecule has 1 aromatic heterocycles. The normalized spacial score (nSPS) is 18.8. The third kappa shape index (κ3) is 2.02. The number of rotatable bonds is 2. The highest BCUT2D eigenvalue weighted by Gasteiger charge is 2.34. The lowest BCUT2D eigenvalue weighted by Gasteiger charge is -2.15. The van der Waals surface area contributed by atoms with Gasteiger partial charge in [0.25, 0.3) is 0 Å². The van der Waals surface area contributed by atoms with Crippen LogP contribution in [0.4, 0.5) is 5.82 Å². The molecule has 0 bridgehead atoms. The summed E-state index contributed by atoms with van der Waals surface area (Å²) in [5.41, 5.74) is 6.22. The Morgan fingerprint density at radius 3 is 2.83 bits per heavy atom. The van der Waals surface area contributed by atoms with Crippen molar-refractivity contribution in [1.29, 1.82) is 5.26 Å². The van der Waals surface area contributed by atoms with Crippen LogP contribution in [0.25, 0.3) is 0 Å². The van der Waals surface area contributed by atoms with Crippen molar-refractivity contribution in [3.63, 3.8) is 0 Å². The van der Waals surface area contributed by atoms with E-state index in [-0.39, 0.29) is 18.9 Å². The van der Waals surface area contributed by atoms with Crippen molar-refractivity contribution in [2.75, 3.05) is 11.4 Å². The molecule has 1 aliphatic heterocycles. The molecule has 1 unspecified atom stereocenters. The monoisotopic (exact) mass is 244 g/mol. The number of nitriles is 1. The van der Waals surface area contributed by atoms with Crippen LogP contribution in [0.1, 0.15) is 17.7 Å². The number of hydrogen-bond donors (Lipinski definition) is 1. The lowest BCUT2D eigenvalue weighted by Crippen LogP contribution is -2.29. The highest BCUT2D eigenvalue weighted by molar-refractivity contribution is 5.99. The Labute approximate surface area is 104 Å². The largest absolute Gasteiger partial charge is 0.369 e. The summed E-state index contributed by atoms with van der Waals surface area (Å²) in [4.78, 5) is 28.5. The molecular weight excluding hydrogens is 232 g/mol. The molecule has 6 heteroatoms. The Bertz CT molecular complexity index is 562. The maximum atomic E-state index is 11.8. The number of nitrogens with zero attached hydrogens (tertiary/aromatic N) is 3. The van der Waals surface area contributed by atoms with Crippen molar-refractivity contribution in [3.05, 3.63) is 23.4 Å². The number of anilines is 1. The van der Waals surface area contributed by atoms with E-state index in [4.69, 9.17) is 11.0 Å². The fraction of sp³-hybridized carbons (Fsp3) is 0.333. The van der Waals surface area contributed by atoms with E-state index in [1.807, 2.05) is 6.07 Å². The SMILES string of the molecule is Cc1nc(N2CC(C(N)=O)CC2=O)ccc1C#N. The van der Waals surface area contributed by atoms with Crippen LogP contribution < -0.4 is 10.6 Å². The third-order valence-electron chi connectivity index (χ3n) is 3.00. The van der Waals surface area contributed by atoms with Crippen molar-refractivity contribution >= 4 is 17.6 Å². The molecular formula is C12H12N4O2. The molecule has 0 radical (unpaired) electrons. The first kappa shape index (κ1) is 12.0. The second-order valence-corrected chi connectivity index (χ2v) is 4.22. The molecule has 2 rings (SSSR count). The van der Waals surface area contributed by atoms with Crippen molar-refractivity contribution in [3.8, 4) is 6.07 Å². The van der Waals surface area contributed by atoms with E-state index in [1.165, 1.54) is 4.90 Å². The molecule has 0 aliphatic carbocycles. The number of nitrogens with two attached hydrogens (primary N) is 1. The summed E-state index contributed by atoms with van der Waals surface area (Å²) in [5.74, 6) is -0.651. The molecule has 2 N–H and O–H groups in total. The fourth-order valence-electron chi connectivity index (χ4n) is 1.94.